The van der Waals surface area contributed by atoms with E-state index in [4.69, 9.17) is 14.7 Å². The maximum Gasteiger partial charge on any atom is 0.410 e. The minimum atomic E-state index is -0.527. The van der Waals surface area contributed by atoms with Gasteiger partial charge in [-0.3, -0.25) is 4.57 Å². The van der Waals surface area contributed by atoms with Crippen molar-refractivity contribution >= 4 is 28.6 Å². The van der Waals surface area contributed by atoms with E-state index in [0.29, 0.717) is 25.2 Å². The van der Waals surface area contributed by atoms with Gasteiger partial charge in [0, 0.05) is 50.6 Å². The second-order valence-electron chi connectivity index (χ2n) is 12.2. The average molecular weight is 516 g/mol. The predicted molar refractivity (Wildman–Crippen MR) is 149 cm³/mol. The van der Waals surface area contributed by atoms with Gasteiger partial charge < -0.3 is 19.4 Å². The molecule has 38 heavy (non-hydrogen) atoms. The fourth-order valence-corrected chi connectivity index (χ4v) is 5.49. The summed E-state index contributed by atoms with van der Waals surface area (Å²) in [5.41, 5.74) is 3.11. The molecule has 0 aliphatic carbocycles. The highest BCUT2D eigenvalue weighted by atomic mass is 16.6. The summed E-state index contributed by atoms with van der Waals surface area (Å²) in [6.07, 6.45) is 4.59. The van der Waals surface area contributed by atoms with Gasteiger partial charge >= 0.3 is 6.09 Å². The SMILES string of the molecule is C[C@H]1CN(C(=O)OC(C)(C)C)CCN1c1ncnc2c1c(N1CCC(C)(C)C1)cn2-c1cccc(C#N)c1. The molecule has 0 bridgehead atoms. The molecule has 1 atom stereocenters. The van der Waals surface area contributed by atoms with Crippen molar-refractivity contribution in [2.24, 2.45) is 5.41 Å². The van der Waals surface area contributed by atoms with Crippen LogP contribution in [0.4, 0.5) is 16.3 Å². The summed E-state index contributed by atoms with van der Waals surface area (Å²) in [6, 6.07) is 9.89. The molecule has 200 valence electrons. The molecule has 9 nitrogen and oxygen atoms in total. The number of nitrogens with zero attached hydrogens (tertiary/aromatic N) is 7. The maximum absolute atomic E-state index is 12.7. The Morgan fingerprint density at radius 1 is 1.18 bits per heavy atom. The molecule has 5 rings (SSSR count). The Kier molecular flexibility index (Phi) is 6.46. The Morgan fingerprint density at radius 3 is 2.63 bits per heavy atom. The van der Waals surface area contributed by atoms with E-state index >= 15 is 0 Å². The first-order chi connectivity index (χ1) is 18.0. The molecule has 0 N–H and O–H groups in total. The van der Waals surface area contributed by atoms with E-state index < -0.39 is 5.60 Å². The zero-order valence-electron chi connectivity index (χ0n) is 23.2. The average Bonchev–Trinajstić information content (AvgIpc) is 3.43. The van der Waals surface area contributed by atoms with E-state index in [9.17, 15) is 10.1 Å². The van der Waals surface area contributed by atoms with E-state index in [1.807, 2.05) is 45.0 Å². The van der Waals surface area contributed by atoms with Crippen molar-refractivity contribution in [2.45, 2.75) is 59.6 Å². The predicted octanol–water partition coefficient (Wildman–Crippen LogP) is 4.97. The summed E-state index contributed by atoms with van der Waals surface area (Å²) in [4.78, 5) is 28.8. The van der Waals surface area contributed by atoms with Gasteiger partial charge in [-0.2, -0.15) is 5.26 Å². The summed E-state index contributed by atoms with van der Waals surface area (Å²) in [7, 11) is 0. The topological polar surface area (TPSA) is 90.5 Å². The molecule has 2 aliphatic rings. The summed E-state index contributed by atoms with van der Waals surface area (Å²) in [5, 5.41) is 10.5. The highest BCUT2D eigenvalue weighted by Gasteiger charge is 2.35. The largest absolute Gasteiger partial charge is 0.444 e. The minimum absolute atomic E-state index is 0.0440. The first kappa shape index (κ1) is 25.8. The second kappa shape index (κ2) is 9.50. The third-order valence-corrected chi connectivity index (χ3v) is 7.37. The van der Waals surface area contributed by atoms with Gasteiger partial charge in [0.15, 0.2) is 5.65 Å². The normalized spacial score (nSPS) is 19.6. The van der Waals surface area contributed by atoms with Gasteiger partial charge in [0.1, 0.15) is 17.7 Å². The van der Waals surface area contributed by atoms with Crippen molar-refractivity contribution in [2.75, 3.05) is 42.5 Å². The van der Waals surface area contributed by atoms with Gasteiger partial charge in [-0.05, 0) is 57.7 Å². The van der Waals surface area contributed by atoms with Crippen LogP contribution in [0.5, 0.6) is 0 Å². The molecular weight excluding hydrogens is 478 g/mol. The van der Waals surface area contributed by atoms with E-state index in [-0.39, 0.29) is 17.6 Å². The van der Waals surface area contributed by atoms with Gasteiger partial charge in [-0.15, -0.1) is 0 Å². The number of fused-ring (bicyclic) bond motifs is 1. The molecule has 0 spiro atoms. The molecule has 2 aliphatic heterocycles. The lowest BCUT2D eigenvalue weighted by molar-refractivity contribution is 0.0218. The number of rotatable bonds is 3. The van der Waals surface area contributed by atoms with Gasteiger partial charge in [0.25, 0.3) is 0 Å². The summed E-state index contributed by atoms with van der Waals surface area (Å²) < 4.78 is 7.70. The van der Waals surface area contributed by atoms with Crippen LogP contribution in [0, 0.1) is 16.7 Å². The highest BCUT2D eigenvalue weighted by Crippen LogP contribution is 2.41. The first-order valence-electron chi connectivity index (χ1n) is 13.3. The summed E-state index contributed by atoms with van der Waals surface area (Å²) >= 11 is 0. The lowest BCUT2D eigenvalue weighted by Crippen LogP contribution is -2.54. The standard InChI is InChI=1S/C29H37N7O2/c1-20-16-33(27(37)38-28(2,3)4)12-13-35(20)25-24-23(34-11-10-29(5,6)18-34)17-36(26(24)32-19-31-25)22-9-7-8-21(14-22)15-30/h7-9,14,17,19-20H,10-13,16,18H2,1-6H3/t20-/m0/s1. The van der Waals surface area contributed by atoms with Gasteiger partial charge in [-0.1, -0.05) is 19.9 Å². The summed E-state index contributed by atoms with van der Waals surface area (Å²) in [5.74, 6) is 0.876. The van der Waals surface area contributed by atoms with Crippen LogP contribution < -0.4 is 9.80 Å². The Balaban J connectivity index is 1.56. The molecule has 0 unspecified atom stereocenters. The van der Waals surface area contributed by atoms with Crippen molar-refractivity contribution in [3.8, 4) is 11.8 Å². The van der Waals surface area contributed by atoms with E-state index in [1.54, 1.807) is 11.2 Å². The molecule has 0 radical (unpaired) electrons. The number of nitriles is 1. The monoisotopic (exact) mass is 515 g/mol. The van der Waals surface area contributed by atoms with Gasteiger partial charge in [-0.25, -0.2) is 14.8 Å². The number of hydrogen-bond acceptors (Lipinski definition) is 7. The van der Waals surface area contributed by atoms with Crippen LogP contribution in [-0.2, 0) is 4.74 Å². The third-order valence-electron chi connectivity index (χ3n) is 7.37. The van der Waals surface area contributed by atoms with Crippen molar-refractivity contribution in [1.82, 2.24) is 19.4 Å². The number of ether oxygens (including phenoxy) is 1. The molecule has 1 amide bonds. The lowest BCUT2D eigenvalue weighted by atomic mass is 9.93. The van der Waals surface area contributed by atoms with E-state index in [0.717, 1.165) is 47.7 Å². The molecule has 4 heterocycles. The molecule has 0 saturated carbocycles. The molecule has 2 saturated heterocycles. The number of carbonyl (C=O) groups is 1. The number of hydrogen-bond donors (Lipinski definition) is 0. The van der Waals surface area contributed by atoms with Gasteiger partial charge in [0.2, 0.25) is 0 Å². The third kappa shape index (κ3) is 5.00. The van der Waals surface area contributed by atoms with Gasteiger partial charge in [0.05, 0.1) is 22.7 Å². The Morgan fingerprint density at radius 2 is 1.97 bits per heavy atom. The zero-order valence-corrected chi connectivity index (χ0v) is 23.2. The molecule has 1 aromatic carbocycles. The zero-order chi connectivity index (χ0) is 27.2. The molecule has 2 fully saturated rings. The first-order valence-corrected chi connectivity index (χ1v) is 13.3. The van der Waals surface area contributed by atoms with Crippen LogP contribution in [0.1, 0.15) is 53.5 Å². The molecule has 2 aromatic heterocycles. The van der Waals surface area contributed by atoms with Crippen molar-refractivity contribution in [3.63, 3.8) is 0 Å². The lowest BCUT2D eigenvalue weighted by Gasteiger charge is -2.41. The minimum Gasteiger partial charge on any atom is -0.444 e. The van der Waals surface area contributed by atoms with Crippen LogP contribution in [0.15, 0.2) is 36.8 Å². The Bertz CT molecular complexity index is 1400. The maximum atomic E-state index is 12.7. The van der Waals surface area contributed by atoms with Crippen molar-refractivity contribution < 1.29 is 9.53 Å². The Hall–Kier alpha value is -3.80. The fourth-order valence-electron chi connectivity index (χ4n) is 5.49. The second-order valence-corrected chi connectivity index (χ2v) is 12.2. The number of carbonyl (C=O) groups excluding carboxylic acids is 1. The van der Waals surface area contributed by atoms with E-state index in [1.165, 1.54) is 0 Å². The van der Waals surface area contributed by atoms with Crippen LogP contribution >= 0.6 is 0 Å². The summed E-state index contributed by atoms with van der Waals surface area (Å²) in [6.45, 7) is 16.1. The fraction of sp³-hybridized carbons (Fsp3) is 0.517. The van der Waals surface area contributed by atoms with E-state index in [2.05, 4.69) is 47.4 Å². The number of benzene rings is 1. The highest BCUT2D eigenvalue weighted by molar-refractivity contribution is 6.01. The van der Waals surface area contributed by atoms with Crippen LogP contribution in [0.2, 0.25) is 0 Å². The number of anilines is 2. The Labute approximate surface area is 224 Å². The van der Waals surface area contributed by atoms with Crippen molar-refractivity contribution in [3.05, 3.63) is 42.4 Å². The molecule has 9 heteroatoms. The van der Waals surface area contributed by atoms with Crippen LogP contribution in [0.25, 0.3) is 16.7 Å². The number of amides is 1. The van der Waals surface area contributed by atoms with Crippen molar-refractivity contribution in [1.29, 1.82) is 5.26 Å². The van der Waals surface area contributed by atoms with Crippen LogP contribution in [0.3, 0.4) is 0 Å². The molecule has 3 aromatic rings. The number of aromatic nitrogens is 3. The number of piperazine rings is 1. The van der Waals surface area contributed by atoms with Crippen LogP contribution in [-0.4, -0.2) is 69.9 Å². The quantitative estimate of drug-likeness (QED) is 0.486. The molecular formula is C29H37N7O2. The smallest absolute Gasteiger partial charge is 0.410 e.